The predicted molar refractivity (Wildman–Crippen MR) is 62.1 cm³/mol. The van der Waals surface area contributed by atoms with E-state index >= 15 is 0 Å². The summed E-state index contributed by atoms with van der Waals surface area (Å²) in [5, 5.41) is 0. The lowest BCUT2D eigenvalue weighted by Gasteiger charge is -2.14. The zero-order chi connectivity index (χ0) is 10.8. The van der Waals surface area contributed by atoms with Gasteiger partial charge in [0, 0.05) is 6.04 Å². The molecule has 1 aliphatic carbocycles. The Morgan fingerprint density at radius 3 is 2.73 bits per heavy atom. The van der Waals surface area contributed by atoms with Crippen molar-refractivity contribution < 1.29 is 4.74 Å². The van der Waals surface area contributed by atoms with Gasteiger partial charge >= 0.3 is 0 Å². The fourth-order valence-corrected chi connectivity index (χ4v) is 1.81. The minimum Gasteiger partial charge on any atom is -0.492 e. The first-order chi connectivity index (χ1) is 7.16. The van der Waals surface area contributed by atoms with E-state index < -0.39 is 0 Å². The van der Waals surface area contributed by atoms with Crippen LogP contribution in [0.25, 0.3) is 0 Å². The number of ether oxygens (including phenoxy) is 1. The van der Waals surface area contributed by atoms with Crippen LogP contribution in [-0.2, 0) is 0 Å². The van der Waals surface area contributed by atoms with E-state index in [0.717, 1.165) is 5.75 Å². The summed E-state index contributed by atoms with van der Waals surface area (Å²) in [4.78, 5) is 0. The third-order valence-corrected chi connectivity index (χ3v) is 2.99. The number of hydrogen-bond donors (Lipinski definition) is 1. The third-order valence-electron chi connectivity index (χ3n) is 2.99. The van der Waals surface area contributed by atoms with Crippen LogP contribution >= 0.6 is 0 Å². The van der Waals surface area contributed by atoms with Gasteiger partial charge in [0.2, 0.25) is 0 Å². The third kappa shape index (κ3) is 2.72. The van der Waals surface area contributed by atoms with E-state index in [-0.39, 0.29) is 6.04 Å². The van der Waals surface area contributed by atoms with Gasteiger partial charge in [-0.1, -0.05) is 17.7 Å². The first-order valence-corrected chi connectivity index (χ1v) is 5.62. The van der Waals surface area contributed by atoms with Gasteiger partial charge in [-0.05, 0) is 44.2 Å². The number of nitrogens with two attached hydrogens (primary N) is 1. The van der Waals surface area contributed by atoms with E-state index in [1.54, 1.807) is 0 Å². The molecule has 0 radical (unpaired) electrons. The molecule has 0 bridgehead atoms. The Hall–Kier alpha value is -1.02. The van der Waals surface area contributed by atoms with Crippen molar-refractivity contribution in [3.05, 3.63) is 29.3 Å². The number of rotatable bonds is 4. The standard InChI is InChI=1S/C13H19NO/c1-9-3-6-13(10(2)7-9)15-8-12(14)11-4-5-11/h3,6-7,11-12H,4-5,8,14H2,1-2H3/t12-/m0/s1. The van der Waals surface area contributed by atoms with Crippen LogP contribution in [0.4, 0.5) is 0 Å². The Bertz CT molecular complexity index is 344. The van der Waals surface area contributed by atoms with Crippen molar-refractivity contribution in [2.24, 2.45) is 11.7 Å². The summed E-state index contributed by atoms with van der Waals surface area (Å²) in [6, 6.07) is 6.46. The quantitative estimate of drug-likeness (QED) is 0.819. The molecule has 0 heterocycles. The molecule has 2 N–H and O–H groups in total. The van der Waals surface area contributed by atoms with Gasteiger partial charge in [-0.15, -0.1) is 0 Å². The summed E-state index contributed by atoms with van der Waals surface area (Å²) >= 11 is 0. The highest BCUT2D eigenvalue weighted by atomic mass is 16.5. The van der Waals surface area contributed by atoms with Crippen molar-refractivity contribution in [1.29, 1.82) is 0 Å². The molecule has 2 rings (SSSR count). The molecule has 2 nitrogen and oxygen atoms in total. The SMILES string of the molecule is Cc1ccc(OC[C@H](N)C2CC2)c(C)c1. The maximum Gasteiger partial charge on any atom is 0.122 e. The Labute approximate surface area is 91.4 Å². The summed E-state index contributed by atoms with van der Waals surface area (Å²) in [6.07, 6.45) is 2.55. The second kappa shape index (κ2) is 4.23. The van der Waals surface area contributed by atoms with E-state index in [9.17, 15) is 0 Å². The smallest absolute Gasteiger partial charge is 0.122 e. The summed E-state index contributed by atoms with van der Waals surface area (Å²) in [5.74, 6) is 1.67. The summed E-state index contributed by atoms with van der Waals surface area (Å²) in [7, 11) is 0. The topological polar surface area (TPSA) is 35.2 Å². The van der Waals surface area contributed by atoms with Crippen LogP contribution in [0.2, 0.25) is 0 Å². The second-order valence-electron chi connectivity index (χ2n) is 4.58. The Morgan fingerprint density at radius 2 is 2.13 bits per heavy atom. The molecule has 0 amide bonds. The van der Waals surface area contributed by atoms with Gasteiger partial charge in [-0.3, -0.25) is 0 Å². The van der Waals surface area contributed by atoms with Gasteiger partial charge in [-0.2, -0.15) is 0 Å². The molecule has 1 aromatic carbocycles. The van der Waals surface area contributed by atoms with E-state index in [4.69, 9.17) is 10.5 Å². The zero-order valence-electron chi connectivity index (χ0n) is 9.49. The van der Waals surface area contributed by atoms with Crippen LogP contribution in [0.15, 0.2) is 18.2 Å². The van der Waals surface area contributed by atoms with Crippen LogP contribution in [0.1, 0.15) is 24.0 Å². The first-order valence-electron chi connectivity index (χ1n) is 5.62. The fourth-order valence-electron chi connectivity index (χ4n) is 1.81. The molecule has 0 unspecified atom stereocenters. The normalized spacial score (nSPS) is 17.5. The molecular weight excluding hydrogens is 186 g/mol. The minimum absolute atomic E-state index is 0.214. The molecule has 1 fully saturated rings. The van der Waals surface area contributed by atoms with E-state index in [1.807, 2.05) is 6.07 Å². The predicted octanol–water partition coefficient (Wildman–Crippen LogP) is 2.42. The average Bonchev–Trinajstić information content (AvgIpc) is 2.99. The van der Waals surface area contributed by atoms with E-state index in [1.165, 1.54) is 24.0 Å². The van der Waals surface area contributed by atoms with Gasteiger partial charge in [0.1, 0.15) is 12.4 Å². The zero-order valence-corrected chi connectivity index (χ0v) is 9.49. The summed E-state index contributed by atoms with van der Waals surface area (Å²) < 4.78 is 5.73. The molecule has 2 heteroatoms. The summed E-state index contributed by atoms with van der Waals surface area (Å²) in [6.45, 7) is 4.81. The Morgan fingerprint density at radius 1 is 1.40 bits per heavy atom. The van der Waals surface area contributed by atoms with Crippen molar-refractivity contribution in [3.63, 3.8) is 0 Å². The Kier molecular flexibility index (Phi) is 2.96. The fraction of sp³-hybridized carbons (Fsp3) is 0.538. The van der Waals surface area contributed by atoms with Crippen molar-refractivity contribution in [3.8, 4) is 5.75 Å². The van der Waals surface area contributed by atoms with Gasteiger partial charge in [0.05, 0.1) is 0 Å². The maximum atomic E-state index is 5.98. The van der Waals surface area contributed by atoms with E-state index in [0.29, 0.717) is 12.5 Å². The van der Waals surface area contributed by atoms with Crippen molar-refractivity contribution in [1.82, 2.24) is 0 Å². The van der Waals surface area contributed by atoms with Gasteiger partial charge < -0.3 is 10.5 Å². The van der Waals surface area contributed by atoms with Crippen LogP contribution in [0.5, 0.6) is 5.75 Å². The molecule has 1 atom stereocenters. The van der Waals surface area contributed by atoms with Crippen molar-refractivity contribution in [2.75, 3.05) is 6.61 Å². The molecule has 0 spiro atoms. The van der Waals surface area contributed by atoms with Gasteiger partial charge in [0.25, 0.3) is 0 Å². The first kappa shape index (κ1) is 10.5. The van der Waals surface area contributed by atoms with Gasteiger partial charge in [-0.25, -0.2) is 0 Å². The number of hydrogen-bond acceptors (Lipinski definition) is 2. The molecule has 1 saturated carbocycles. The molecule has 0 aliphatic heterocycles. The lowest BCUT2D eigenvalue weighted by molar-refractivity contribution is 0.274. The molecule has 1 aromatic rings. The van der Waals surface area contributed by atoms with Gasteiger partial charge in [0.15, 0.2) is 0 Å². The molecule has 0 saturated heterocycles. The number of benzene rings is 1. The molecular formula is C13H19NO. The van der Waals surface area contributed by atoms with Crippen LogP contribution < -0.4 is 10.5 Å². The van der Waals surface area contributed by atoms with E-state index in [2.05, 4.69) is 26.0 Å². The minimum atomic E-state index is 0.214. The Balaban J connectivity index is 1.92. The molecule has 0 aromatic heterocycles. The average molecular weight is 205 g/mol. The highest BCUT2D eigenvalue weighted by Gasteiger charge is 2.28. The maximum absolute atomic E-state index is 5.98. The lowest BCUT2D eigenvalue weighted by atomic mass is 10.1. The second-order valence-corrected chi connectivity index (χ2v) is 4.58. The van der Waals surface area contributed by atoms with Crippen LogP contribution in [0, 0.1) is 19.8 Å². The lowest BCUT2D eigenvalue weighted by Crippen LogP contribution is -2.30. The highest BCUT2D eigenvalue weighted by Crippen LogP contribution is 2.32. The summed E-state index contributed by atoms with van der Waals surface area (Å²) in [5.41, 5.74) is 8.44. The number of aryl methyl sites for hydroxylation is 2. The van der Waals surface area contributed by atoms with Crippen molar-refractivity contribution in [2.45, 2.75) is 32.7 Å². The molecule has 15 heavy (non-hydrogen) atoms. The largest absolute Gasteiger partial charge is 0.492 e. The van der Waals surface area contributed by atoms with Crippen LogP contribution in [-0.4, -0.2) is 12.6 Å². The highest BCUT2D eigenvalue weighted by molar-refractivity contribution is 5.35. The monoisotopic (exact) mass is 205 g/mol. The molecule has 1 aliphatic rings. The van der Waals surface area contributed by atoms with Crippen LogP contribution in [0.3, 0.4) is 0 Å². The molecule has 82 valence electrons. The van der Waals surface area contributed by atoms with Crippen molar-refractivity contribution >= 4 is 0 Å².